The van der Waals surface area contributed by atoms with Gasteiger partial charge in [0.2, 0.25) is 5.91 Å². The van der Waals surface area contributed by atoms with E-state index in [-0.39, 0.29) is 11.8 Å². The van der Waals surface area contributed by atoms with Crippen molar-refractivity contribution >= 4 is 33.0 Å². The van der Waals surface area contributed by atoms with Gasteiger partial charge in [-0.15, -0.1) is 11.3 Å². The first-order valence-corrected chi connectivity index (χ1v) is 6.07. The van der Waals surface area contributed by atoms with Crippen molar-refractivity contribution in [2.24, 2.45) is 11.7 Å². The van der Waals surface area contributed by atoms with Gasteiger partial charge in [-0.25, -0.2) is 0 Å². The molecule has 0 aliphatic carbocycles. The van der Waals surface area contributed by atoms with Crippen molar-refractivity contribution in [3.63, 3.8) is 0 Å². The highest BCUT2D eigenvalue weighted by Crippen LogP contribution is 2.24. The predicted octanol–water partition coefficient (Wildman–Crippen LogP) is 2.43. The molecule has 0 aliphatic rings. The average Bonchev–Trinajstić information content (AvgIpc) is 2.75. The Morgan fingerprint density at radius 2 is 2.31 bits per heavy atom. The van der Waals surface area contributed by atoms with Crippen molar-refractivity contribution in [3.8, 4) is 0 Å². The van der Waals surface area contributed by atoms with Crippen LogP contribution in [0.15, 0.2) is 29.6 Å². The molecular formula is C12H14N2OS. The van der Waals surface area contributed by atoms with E-state index >= 15 is 0 Å². The second-order valence-corrected chi connectivity index (χ2v) is 4.75. The van der Waals surface area contributed by atoms with Crippen LogP contribution in [0.5, 0.6) is 0 Å². The van der Waals surface area contributed by atoms with Crippen LogP contribution in [0.1, 0.15) is 6.92 Å². The number of nitrogens with two attached hydrogens (primary N) is 1. The van der Waals surface area contributed by atoms with Crippen LogP contribution in [0.4, 0.5) is 5.69 Å². The molecule has 0 bridgehead atoms. The van der Waals surface area contributed by atoms with Gasteiger partial charge in [0, 0.05) is 22.8 Å². The molecular weight excluding hydrogens is 220 g/mol. The Hall–Kier alpha value is -1.39. The first-order chi connectivity index (χ1) is 7.70. The number of nitrogens with one attached hydrogen (secondary N) is 1. The minimum atomic E-state index is -0.154. The molecule has 4 heteroatoms. The first kappa shape index (κ1) is 11.1. The third-order valence-corrected chi connectivity index (χ3v) is 3.42. The SMILES string of the molecule is CC(CN)C(=O)Nc1ccc2sccc2c1. The Bertz CT molecular complexity index is 506. The molecule has 1 amide bonds. The van der Waals surface area contributed by atoms with E-state index in [1.165, 1.54) is 4.70 Å². The summed E-state index contributed by atoms with van der Waals surface area (Å²) in [6, 6.07) is 7.96. The van der Waals surface area contributed by atoms with Crippen LogP contribution in [-0.4, -0.2) is 12.5 Å². The lowest BCUT2D eigenvalue weighted by Gasteiger charge is -2.09. The summed E-state index contributed by atoms with van der Waals surface area (Å²) in [5, 5.41) is 6.06. The van der Waals surface area contributed by atoms with Gasteiger partial charge in [0.1, 0.15) is 0 Å². The van der Waals surface area contributed by atoms with Gasteiger partial charge in [-0.05, 0) is 35.0 Å². The Morgan fingerprint density at radius 1 is 1.50 bits per heavy atom. The molecule has 0 saturated heterocycles. The number of rotatable bonds is 3. The van der Waals surface area contributed by atoms with Crippen LogP contribution in [0, 0.1) is 5.92 Å². The predicted molar refractivity (Wildman–Crippen MR) is 68.7 cm³/mol. The van der Waals surface area contributed by atoms with Gasteiger partial charge in [-0.1, -0.05) is 6.92 Å². The van der Waals surface area contributed by atoms with E-state index in [4.69, 9.17) is 5.73 Å². The summed E-state index contributed by atoms with van der Waals surface area (Å²) in [7, 11) is 0. The lowest BCUT2D eigenvalue weighted by molar-refractivity contribution is -0.119. The van der Waals surface area contributed by atoms with Crippen molar-refractivity contribution in [1.82, 2.24) is 0 Å². The summed E-state index contributed by atoms with van der Waals surface area (Å²) in [4.78, 5) is 11.6. The molecule has 3 N–H and O–H groups in total. The van der Waals surface area contributed by atoms with Crippen LogP contribution in [0.3, 0.4) is 0 Å². The second-order valence-electron chi connectivity index (χ2n) is 3.80. The Kier molecular flexibility index (Phi) is 3.22. The minimum Gasteiger partial charge on any atom is -0.330 e. The normalized spacial score (nSPS) is 12.6. The van der Waals surface area contributed by atoms with Crippen LogP contribution in [0.25, 0.3) is 10.1 Å². The fourth-order valence-corrected chi connectivity index (χ4v) is 2.19. The van der Waals surface area contributed by atoms with Crippen molar-refractivity contribution in [3.05, 3.63) is 29.6 Å². The van der Waals surface area contributed by atoms with Crippen LogP contribution < -0.4 is 11.1 Å². The van der Waals surface area contributed by atoms with Gasteiger partial charge in [0.15, 0.2) is 0 Å². The summed E-state index contributed by atoms with van der Waals surface area (Å²) in [5.74, 6) is -0.185. The quantitative estimate of drug-likeness (QED) is 0.857. The first-order valence-electron chi connectivity index (χ1n) is 5.19. The van der Waals surface area contributed by atoms with E-state index in [1.54, 1.807) is 11.3 Å². The van der Waals surface area contributed by atoms with Crippen molar-refractivity contribution in [1.29, 1.82) is 0 Å². The molecule has 0 saturated carbocycles. The molecule has 0 radical (unpaired) electrons. The molecule has 3 nitrogen and oxygen atoms in total. The zero-order valence-electron chi connectivity index (χ0n) is 9.07. The van der Waals surface area contributed by atoms with Gasteiger partial charge in [-0.2, -0.15) is 0 Å². The summed E-state index contributed by atoms with van der Waals surface area (Å²) < 4.78 is 1.23. The topological polar surface area (TPSA) is 55.1 Å². The summed E-state index contributed by atoms with van der Waals surface area (Å²) >= 11 is 1.69. The van der Waals surface area contributed by atoms with Crippen molar-refractivity contribution in [2.45, 2.75) is 6.92 Å². The smallest absolute Gasteiger partial charge is 0.228 e. The second kappa shape index (κ2) is 4.63. The number of carbonyl (C=O) groups excluding carboxylic acids is 1. The van der Waals surface area contributed by atoms with Crippen molar-refractivity contribution < 1.29 is 4.79 Å². The highest BCUT2D eigenvalue weighted by Gasteiger charge is 2.10. The Morgan fingerprint density at radius 3 is 3.06 bits per heavy atom. The van der Waals surface area contributed by atoms with E-state index in [0.29, 0.717) is 6.54 Å². The molecule has 0 aliphatic heterocycles. The molecule has 0 fully saturated rings. The fraction of sp³-hybridized carbons (Fsp3) is 0.250. The number of amides is 1. The molecule has 1 aromatic carbocycles. The lowest BCUT2D eigenvalue weighted by atomic mass is 10.1. The molecule has 1 aromatic heterocycles. The van der Waals surface area contributed by atoms with E-state index in [0.717, 1.165) is 11.1 Å². The molecule has 84 valence electrons. The minimum absolute atomic E-state index is 0.0305. The maximum atomic E-state index is 11.6. The van der Waals surface area contributed by atoms with Gasteiger partial charge in [-0.3, -0.25) is 4.79 Å². The molecule has 16 heavy (non-hydrogen) atoms. The lowest BCUT2D eigenvalue weighted by Crippen LogP contribution is -2.26. The summed E-state index contributed by atoms with van der Waals surface area (Å²) in [6.07, 6.45) is 0. The largest absolute Gasteiger partial charge is 0.330 e. The average molecular weight is 234 g/mol. The Labute approximate surface area is 98.3 Å². The number of carbonyl (C=O) groups is 1. The molecule has 0 spiro atoms. The summed E-state index contributed by atoms with van der Waals surface area (Å²) in [6.45, 7) is 2.19. The van der Waals surface area contributed by atoms with E-state index in [9.17, 15) is 4.79 Å². The van der Waals surface area contributed by atoms with Gasteiger partial charge in [0.05, 0.1) is 0 Å². The third kappa shape index (κ3) is 2.23. The molecule has 1 atom stereocenters. The van der Waals surface area contributed by atoms with Gasteiger partial charge >= 0.3 is 0 Å². The monoisotopic (exact) mass is 234 g/mol. The van der Waals surface area contributed by atoms with E-state index in [2.05, 4.69) is 5.32 Å². The summed E-state index contributed by atoms with van der Waals surface area (Å²) in [5.41, 5.74) is 6.27. The van der Waals surface area contributed by atoms with Crippen LogP contribution in [0.2, 0.25) is 0 Å². The zero-order chi connectivity index (χ0) is 11.5. The highest BCUT2D eigenvalue weighted by molar-refractivity contribution is 7.17. The van der Waals surface area contributed by atoms with Crippen LogP contribution in [-0.2, 0) is 4.79 Å². The fourth-order valence-electron chi connectivity index (χ4n) is 1.42. The molecule has 1 heterocycles. The van der Waals surface area contributed by atoms with Gasteiger partial charge in [0.25, 0.3) is 0 Å². The maximum Gasteiger partial charge on any atom is 0.228 e. The third-order valence-electron chi connectivity index (χ3n) is 2.52. The Balaban J connectivity index is 2.17. The number of thiophene rings is 1. The highest BCUT2D eigenvalue weighted by atomic mass is 32.1. The number of anilines is 1. The zero-order valence-corrected chi connectivity index (χ0v) is 9.88. The molecule has 2 aromatic rings. The number of hydrogen-bond acceptors (Lipinski definition) is 3. The van der Waals surface area contributed by atoms with Gasteiger partial charge < -0.3 is 11.1 Å². The molecule has 2 rings (SSSR count). The van der Waals surface area contributed by atoms with Crippen molar-refractivity contribution in [2.75, 3.05) is 11.9 Å². The van der Waals surface area contributed by atoms with Crippen LogP contribution >= 0.6 is 11.3 Å². The van der Waals surface area contributed by atoms with E-state index < -0.39 is 0 Å². The maximum absolute atomic E-state index is 11.6. The number of hydrogen-bond donors (Lipinski definition) is 2. The number of benzene rings is 1. The standard InChI is InChI=1S/C12H14N2OS/c1-8(7-13)12(15)14-10-2-3-11-9(6-10)4-5-16-11/h2-6,8H,7,13H2,1H3,(H,14,15). The number of fused-ring (bicyclic) bond motifs is 1. The van der Waals surface area contributed by atoms with E-state index in [1.807, 2.05) is 36.6 Å². The molecule has 1 unspecified atom stereocenters.